The van der Waals surface area contributed by atoms with Gasteiger partial charge in [0.2, 0.25) is 0 Å². The van der Waals surface area contributed by atoms with E-state index in [4.69, 9.17) is 4.74 Å². The van der Waals surface area contributed by atoms with Crippen LogP contribution in [0.4, 0.5) is 0 Å². The molecule has 2 heterocycles. The lowest BCUT2D eigenvalue weighted by Gasteiger charge is -2.29. The van der Waals surface area contributed by atoms with Crippen molar-refractivity contribution in [1.82, 2.24) is 4.98 Å². The molecule has 1 aliphatic heterocycles. The van der Waals surface area contributed by atoms with E-state index in [1.807, 2.05) is 51.1 Å². The minimum absolute atomic E-state index is 0.0611. The van der Waals surface area contributed by atoms with Gasteiger partial charge in [0.25, 0.3) is 0 Å². The highest BCUT2D eigenvalue weighted by Gasteiger charge is 2.36. The Hall–Kier alpha value is -2.18. The molecule has 1 unspecified atom stereocenters. The molecule has 0 aliphatic carbocycles. The first-order valence-corrected chi connectivity index (χ1v) is 12.9. The molecule has 1 aromatic rings. The monoisotopic (exact) mass is 485 g/mol. The van der Waals surface area contributed by atoms with Crippen LogP contribution in [0.25, 0.3) is 6.08 Å². The van der Waals surface area contributed by atoms with Gasteiger partial charge in [0.05, 0.1) is 22.3 Å². The minimum Gasteiger partial charge on any atom is -0.457 e. The van der Waals surface area contributed by atoms with Crippen molar-refractivity contribution in [2.75, 3.05) is 5.75 Å². The quantitative estimate of drug-likeness (QED) is 0.418. The van der Waals surface area contributed by atoms with Crippen LogP contribution in [0.2, 0.25) is 0 Å². The number of hydrogen-bond donors (Lipinski definition) is 1. The van der Waals surface area contributed by atoms with Crippen LogP contribution < -0.4 is 0 Å². The minimum atomic E-state index is -0.830. The number of carbonyl (C=O) groups excluding carboxylic acids is 2. The van der Waals surface area contributed by atoms with Gasteiger partial charge < -0.3 is 9.84 Å². The number of esters is 1. The van der Waals surface area contributed by atoms with Crippen molar-refractivity contribution < 1.29 is 19.4 Å². The summed E-state index contributed by atoms with van der Waals surface area (Å²) in [6, 6.07) is 5.84. The number of ether oxygens (including phenoxy) is 1. The Morgan fingerprint density at radius 3 is 2.59 bits per heavy atom. The molecule has 2 rings (SSSR count). The van der Waals surface area contributed by atoms with E-state index < -0.39 is 22.9 Å². The SMILES string of the molecule is C/C1=C\CC(/C(C)=C/c2cccc(C)n2)OC(=O)CSC(C)(C)C(=O)[C@H](C)[C@@H](O)/C(C)=C/CC1. The van der Waals surface area contributed by atoms with Crippen molar-refractivity contribution in [2.24, 2.45) is 5.92 Å². The maximum absolute atomic E-state index is 13.1. The summed E-state index contributed by atoms with van der Waals surface area (Å²) >= 11 is 1.26. The topological polar surface area (TPSA) is 76.5 Å². The number of allylic oxidation sites excluding steroid dienone is 2. The van der Waals surface area contributed by atoms with Crippen molar-refractivity contribution in [3.63, 3.8) is 0 Å². The Morgan fingerprint density at radius 2 is 1.91 bits per heavy atom. The number of aliphatic hydroxyl groups is 1. The van der Waals surface area contributed by atoms with Gasteiger partial charge in [0, 0.05) is 18.0 Å². The number of rotatable bonds is 2. The van der Waals surface area contributed by atoms with Gasteiger partial charge in [-0.2, -0.15) is 0 Å². The van der Waals surface area contributed by atoms with Gasteiger partial charge in [-0.05, 0) is 83.7 Å². The Morgan fingerprint density at radius 1 is 1.21 bits per heavy atom. The maximum Gasteiger partial charge on any atom is 0.316 e. The molecule has 0 aromatic carbocycles. The second-order valence-electron chi connectivity index (χ2n) is 9.74. The molecule has 1 aromatic heterocycles. The number of aliphatic hydroxyl groups excluding tert-OH is 1. The zero-order valence-corrected chi connectivity index (χ0v) is 22.4. The first-order chi connectivity index (χ1) is 15.9. The van der Waals surface area contributed by atoms with E-state index in [9.17, 15) is 14.7 Å². The zero-order chi connectivity index (χ0) is 25.5. The Kier molecular flexibility index (Phi) is 10.3. The van der Waals surface area contributed by atoms with Crippen molar-refractivity contribution in [2.45, 2.75) is 84.7 Å². The molecular formula is C28H39NO4S. The van der Waals surface area contributed by atoms with Crippen LogP contribution in [0.15, 0.2) is 47.1 Å². The number of nitrogens with zero attached hydrogens (tertiary/aromatic N) is 1. The number of carbonyl (C=O) groups is 2. The summed E-state index contributed by atoms with van der Waals surface area (Å²) < 4.78 is 5.06. The highest BCUT2D eigenvalue weighted by Crippen LogP contribution is 2.31. The second kappa shape index (κ2) is 12.5. The van der Waals surface area contributed by atoms with Crippen LogP contribution in [-0.2, 0) is 14.3 Å². The van der Waals surface area contributed by atoms with E-state index in [0.29, 0.717) is 6.42 Å². The predicted molar refractivity (Wildman–Crippen MR) is 141 cm³/mol. The molecule has 0 bridgehead atoms. The molecule has 0 fully saturated rings. The largest absolute Gasteiger partial charge is 0.457 e. The lowest BCUT2D eigenvalue weighted by atomic mass is 9.88. The van der Waals surface area contributed by atoms with Gasteiger partial charge in [-0.1, -0.05) is 30.7 Å². The summed E-state index contributed by atoms with van der Waals surface area (Å²) in [4.78, 5) is 30.4. The van der Waals surface area contributed by atoms with Crippen LogP contribution in [0, 0.1) is 12.8 Å². The Balaban J connectivity index is 2.33. The number of pyridine rings is 1. The van der Waals surface area contributed by atoms with Crippen molar-refractivity contribution in [3.8, 4) is 0 Å². The second-order valence-corrected chi connectivity index (χ2v) is 11.3. The Labute approximate surface area is 208 Å². The summed E-state index contributed by atoms with van der Waals surface area (Å²) in [7, 11) is 0. The molecule has 3 atom stereocenters. The van der Waals surface area contributed by atoms with Gasteiger partial charge >= 0.3 is 5.97 Å². The fourth-order valence-corrected chi connectivity index (χ4v) is 4.82. The summed E-state index contributed by atoms with van der Waals surface area (Å²) in [5.74, 6) is -0.930. The third-order valence-electron chi connectivity index (χ3n) is 6.25. The molecule has 1 N–H and O–H groups in total. The average molecular weight is 486 g/mol. The number of hydrogen-bond acceptors (Lipinski definition) is 6. The number of ketones is 1. The number of Topliss-reactive ketones (excluding diaryl/α,β-unsaturated/α-hetero) is 1. The molecule has 0 radical (unpaired) electrons. The van der Waals surface area contributed by atoms with Crippen LogP contribution in [-0.4, -0.2) is 44.6 Å². The summed E-state index contributed by atoms with van der Waals surface area (Å²) in [6.45, 7) is 13.2. The third kappa shape index (κ3) is 8.24. The van der Waals surface area contributed by atoms with Crippen LogP contribution in [0.5, 0.6) is 0 Å². The highest BCUT2D eigenvalue weighted by molar-refractivity contribution is 8.02. The molecule has 0 saturated carbocycles. The lowest BCUT2D eigenvalue weighted by molar-refractivity contribution is -0.143. The van der Waals surface area contributed by atoms with Gasteiger partial charge in [0.15, 0.2) is 5.78 Å². The standard InChI is InChI=1S/C28H39NO4S/c1-18-10-8-11-19(2)26(31)22(5)27(32)28(6,7)34-17-25(30)33-24(15-14-18)20(3)16-23-13-9-12-21(4)29-23/h9,11-14,16,22,24,26,31H,8,10,15,17H2,1-7H3/b18-14+,19-11+,20-16+/t22-,24?,26+/m1/s1. The van der Waals surface area contributed by atoms with Crippen molar-refractivity contribution in [1.29, 1.82) is 0 Å². The van der Waals surface area contributed by atoms with Crippen LogP contribution in [0.3, 0.4) is 0 Å². The van der Waals surface area contributed by atoms with Gasteiger partial charge in [-0.25, -0.2) is 0 Å². The van der Waals surface area contributed by atoms with Crippen LogP contribution in [0.1, 0.15) is 72.2 Å². The number of aryl methyl sites for hydroxylation is 1. The molecule has 0 spiro atoms. The summed E-state index contributed by atoms with van der Waals surface area (Å²) in [6.07, 6.45) is 7.03. The van der Waals surface area contributed by atoms with Crippen molar-refractivity contribution >= 4 is 29.6 Å². The van der Waals surface area contributed by atoms with E-state index in [1.54, 1.807) is 20.8 Å². The molecule has 6 heteroatoms. The van der Waals surface area contributed by atoms with E-state index >= 15 is 0 Å². The average Bonchev–Trinajstić information content (AvgIpc) is 2.78. The molecule has 1 aliphatic rings. The van der Waals surface area contributed by atoms with E-state index in [0.717, 1.165) is 35.4 Å². The smallest absolute Gasteiger partial charge is 0.316 e. The van der Waals surface area contributed by atoms with Gasteiger partial charge in [0.1, 0.15) is 6.10 Å². The fraction of sp³-hybridized carbons (Fsp3) is 0.536. The molecular weight excluding hydrogens is 446 g/mol. The zero-order valence-electron chi connectivity index (χ0n) is 21.6. The Bertz CT molecular complexity index is 976. The predicted octanol–water partition coefficient (Wildman–Crippen LogP) is 5.86. The molecule has 34 heavy (non-hydrogen) atoms. The lowest BCUT2D eigenvalue weighted by Crippen LogP contribution is -2.39. The fourth-order valence-electron chi connectivity index (χ4n) is 3.95. The highest BCUT2D eigenvalue weighted by atomic mass is 32.2. The van der Waals surface area contributed by atoms with E-state index in [1.165, 1.54) is 17.3 Å². The molecule has 0 saturated heterocycles. The number of thioether (sulfide) groups is 1. The first kappa shape index (κ1) is 28.1. The molecule has 5 nitrogen and oxygen atoms in total. The van der Waals surface area contributed by atoms with E-state index in [-0.39, 0.29) is 17.5 Å². The van der Waals surface area contributed by atoms with Gasteiger partial charge in [-0.15, -0.1) is 11.8 Å². The number of cyclic esters (lactones) is 1. The first-order valence-electron chi connectivity index (χ1n) is 11.9. The van der Waals surface area contributed by atoms with Crippen LogP contribution >= 0.6 is 11.8 Å². The third-order valence-corrected chi connectivity index (χ3v) is 7.55. The summed E-state index contributed by atoms with van der Waals surface area (Å²) in [5.41, 5.74) is 4.68. The maximum atomic E-state index is 13.1. The molecule has 0 amide bonds. The van der Waals surface area contributed by atoms with Gasteiger partial charge in [-0.3, -0.25) is 14.6 Å². The number of aromatic nitrogens is 1. The van der Waals surface area contributed by atoms with E-state index in [2.05, 4.69) is 18.0 Å². The summed E-state index contributed by atoms with van der Waals surface area (Å²) in [5, 5.41) is 10.7. The van der Waals surface area contributed by atoms with Crippen molar-refractivity contribution in [3.05, 3.63) is 58.5 Å². The normalized spacial score (nSPS) is 28.9. The molecule has 186 valence electrons.